The first kappa shape index (κ1) is 21.6. The Balaban J connectivity index is 0.00000484. The molecule has 0 aliphatic heterocycles. The highest BCUT2D eigenvalue weighted by atomic mass is 127. The van der Waals surface area contributed by atoms with E-state index in [0.717, 1.165) is 24.5 Å². The molecular formula is C16H28IN3O3. The second-order valence-corrected chi connectivity index (χ2v) is 5.38. The molecule has 1 aromatic carbocycles. The van der Waals surface area contributed by atoms with Crippen molar-refractivity contribution in [2.24, 2.45) is 10.9 Å². The number of nitrogens with one attached hydrogen (secondary N) is 2. The summed E-state index contributed by atoms with van der Waals surface area (Å²) in [6, 6.07) is 3.54. The van der Waals surface area contributed by atoms with E-state index in [2.05, 4.69) is 29.5 Å². The number of rotatable bonds is 7. The van der Waals surface area contributed by atoms with E-state index in [0.29, 0.717) is 24.0 Å². The van der Waals surface area contributed by atoms with Gasteiger partial charge in [0.2, 0.25) is 5.75 Å². The van der Waals surface area contributed by atoms with Crippen molar-refractivity contribution in [2.45, 2.75) is 26.8 Å². The Morgan fingerprint density at radius 1 is 1.17 bits per heavy atom. The van der Waals surface area contributed by atoms with Crippen LogP contribution in [0.2, 0.25) is 0 Å². The van der Waals surface area contributed by atoms with Gasteiger partial charge in [0.25, 0.3) is 0 Å². The van der Waals surface area contributed by atoms with Crippen LogP contribution in [-0.4, -0.2) is 38.9 Å². The van der Waals surface area contributed by atoms with Gasteiger partial charge in [0, 0.05) is 20.1 Å². The first-order valence-corrected chi connectivity index (χ1v) is 7.40. The third-order valence-electron chi connectivity index (χ3n) is 3.24. The molecule has 0 bridgehead atoms. The van der Waals surface area contributed by atoms with E-state index < -0.39 is 0 Å². The summed E-state index contributed by atoms with van der Waals surface area (Å²) in [4.78, 5) is 4.19. The summed E-state index contributed by atoms with van der Waals surface area (Å²) in [5.41, 5.74) is 0.929. The maximum absolute atomic E-state index is 9.90. The maximum Gasteiger partial charge on any atom is 0.200 e. The van der Waals surface area contributed by atoms with Crippen molar-refractivity contribution in [3.8, 4) is 17.2 Å². The first-order chi connectivity index (χ1) is 10.5. The van der Waals surface area contributed by atoms with Crippen LogP contribution in [0.3, 0.4) is 0 Å². The van der Waals surface area contributed by atoms with E-state index in [-0.39, 0.29) is 29.7 Å². The third kappa shape index (κ3) is 7.15. The van der Waals surface area contributed by atoms with Gasteiger partial charge >= 0.3 is 0 Å². The predicted molar refractivity (Wildman–Crippen MR) is 104 cm³/mol. The molecule has 7 heteroatoms. The number of hydrogen-bond acceptors (Lipinski definition) is 4. The van der Waals surface area contributed by atoms with Crippen LogP contribution < -0.4 is 20.1 Å². The number of nitrogens with zero attached hydrogens (tertiary/aromatic N) is 1. The molecule has 132 valence electrons. The van der Waals surface area contributed by atoms with Crippen molar-refractivity contribution in [3.63, 3.8) is 0 Å². The van der Waals surface area contributed by atoms with Crippen molar-refractivity contribution < 1.29 is 14.6 Å². The highest BCUT2D eigenvalue weighted by Crippen LogP contribution is 2.36. The summed E-state index contributed by atoms with van der Waals surface area (Å²) in [5, 5.41) is 16.4. The van der Waals surface area contributed by atoms with Crippen LogP contribution in [0.25, 0.3) is 0 Å². The van der Waals surface area contributed by atoms with Gasteiger partial charge in [-0.05, 0) is 30.0 Å². The van der Waals surface area contributed by atoms with Gasteiger partial charge in [-0.3, -0.25) is 4.99 Å². The Labute approximate surface area is 155 Å². The molecule has 0 aliphatic carbocycles. The molecule has 3 N–H and O–H groups in total. The average Bonchev–Trinajstić information content (AvgIpc) is 2.51. The summed E-state index contributed by atoms with van der Waals surface area (Å²) in [5.74, 6) is 2.17. The lowest BCUT2D eigenvalue weighted by Gasteiger charge is -2.15. The molecule has 23 heavy (non-hydrogen) atoms. The van der Waals surface area contributed by atoms with Gasteiger partial charge in [0.05, 0.1) is 14.2 Å². The Morgan fingerprint density at radius 2 is 1.74 bits per heavy atom. The van der Waals surface area contributed by atoms with Crippen molar-refractivity contribution in [1.82, 2.24) is 10.6 Å². The molecule has 0 atom stereocenters. The smallest absolute Gasteiger partial charge is 0.200 e. The van der Waals surface area contributed by atoms with Crippen molar-refractivity contribution in [3.05, 3.63) is 17.7 Å². The van der Waals surface area contributed by atoms with E-state index in [1.807, 2.05) is 0 Å². The molecule has 0 saturated heterocycles. The van der Waals surface area contributed by atoms with E-state index in [9.17, 15) is 5.11 Å². The van der Waals surface area contributed by atoms with Gasteiger partial charge in [0.15, 0.2) is 17.5 Å². The largest absolute Gasteiger partial charge is 0.502 e. The number of phenolic OH excluding ortho intramolecular Hbond substituents is 1. The fourth-order valence-electron chi connectivity index (χ4n) is 1.94. The van der Waals surface area contributed by atoms with E-state index in [1.165, 1.54) is 14.2 Å². The molecular weight excluding hydrogens is 409 g/mol. The van der Waals surface area contributed by atoms with E-state index >= 15 is 0 Å². The second-order valence-electron chi connectivity index (χ2n) is 5.38. The van der Waals surface area contributed by atoms with Gasteiger partial charge in [-0.15, -0.1) is 24.0 Å². The van der Waals surface area contributed by atoms with Crippen LogP contribution >= 0.6 is 24.0 Å². The topological polar surface area (TPSA) is 75.1 Å². The zero-order chi connectivity index (χ0) is 16.5. The number of guanidine groups is 1. The fraction of sp³-hybridized carbons (Fsp3) is 0.562. The normalized spacial score (nSPS) is 11.0. The minimum atomic E-state index is 0. The van der Waals surface area contributed by atoms with Crippen LogP contribution in [0.15, 0.2) is 17.1 Å². The highest BCUT2D eigenvalue weighted by molar-refractivity contribution is 14.0. The molecule has 0 fully saturated rings. The van der Waals surface area contributed by atoms with Gasteiger partial charge in [-0.25, -0.2) is 0 Å². The van der Waals surface area contributed by atoms with E-state index in [1.54, 1.807) is 19.2 Å². The number of aliphatic imine (C=N–C) groups is 1. The number of benzene rings is 1. The molecule has 6 nitrogen and oxygen atoms in total. The minimum absolute atomic E-state index is 0. The van der Waals surface area contributed by atoms with E-state index in [4.69, 9.17) is 9.47 Å². The van der Waals surface area contributed by atoms with Crippen LogP contribution in [0.4, 0.5) is 0 Å². The second kappa shape index (κ2) is 11.2. The minimum Gasteiger partial charge on any atom is -0.502 e. The van der Waals surface area contributed by atoms with Gasteiger partial charge in [0.1, 0.15) is 0 Å². The Bertz CT molecular complexity index is 482. The number of hydrogen-bond donors (Lipinski definition) is 3. The third-order valence-corrected chi connectivity index (χ3v) is 3.24. The lowest BCUT2D eigenvalue weighted by atomic mass is 10.1. The standard InChI is InChI=1S/C16H27N3O3.HI/c1-11(2)6-7-18-16(17-3)19-10-12-8-13(21-4)15(20)14(9-12)22-5;/h8-9,11,20H,6-7,10H2,1-5H3,(H2,17,18,19);1H. The molecule has 0 heterocycles. The molecule has 1 rings (SSSR count). The zero-order valence-corrected chi connectivity index (χ0v) is 16.8. The summed E-state index contributed by atoms with van der Waals surface area (Å²) in [7, 11) is 4.76. The van der Waals surface area contributed by atoms with Crippen LogP contribution in [0.5, 0.6) is 17.2 Å². The van der Waals surface area contributed by atoms with Crippen molar-refractivity contribution in [1.29, 1.82) is 0 Å². The molecule has 1 aromatic rings. The lowest BCUT2D eigenvalue weighted by Crippen LogP contribution is -2.37. The molecule has 0 amide bonds. The van der Waals surface area contributed by atoms with Crippen molar-refractivity contribution in [2.75, 3.05) is 27.8 Å². The molecule has 0 saturated carbocycles. The Hall–Kier alpha value is -1.38. The van der Waals surface area contributed by atoms with Crippen LogP contribution in [0.1, 0.15) is 25.8 Å². The fourth-order valence-corrected chi connectivity index (χ4v) is 1.94. The average molecular weight is 437 g/mol. The molecule has 0 unspecified atom stereocenters. The van der Waals surface area contributed by atoms with Crippen LogP contribution in [-0.2, 0) is 6.54 Å². The van der Waals surface area contributed by atoms with Crippen molar-refractivity contribution >= 4 is 29.9 Å². The summed E-state index contributed by atoms with van der Waals surface area (Å²) in [6.45, 7) is 5.80. The van der Waals surface area contributed by atoms with Gasteiger partial charge in [-0.1, -0.05) is 13.8 Å². The quantitative estimate of drug-likeness (QED) is 0.348. The number of methoxy groups -OCH3 is 2. The van der Waals surface area contributed by atoms with Crippen LogP contribution in [0, 0.1) is 5.92 Å². The predicted octanol–water partition coefficient (Wildman–Crippen LogP) is 2.74. The maximum atomic E-state index is 9.90. The molecule has 0 aliphatic rings. The van der Waals surface area contributed by atoms with Gasteiger partial charge < -0.3 is 25.2 Å². The molecule has 0 spiro atoms. The first-order valence-electron chi connectivity index (χ1n) is 7.40. The molecule has 0 aromatic heterocycles. The zero-order valence-electron chi connectivity index (χ0n) is 14.5. The lowest BCUT2D eigenvalue weighted by molar-refractivity contribution is 0.339. The monoisotopic (exact) mass is 437 g/mol. The number of aromatic hydroxyl groups is 1. The summed E-state index contributed by atoms with van der Waals surface area (Å²) < 4.78 is 10.3. The number of phenols is 1. The summed E-state index contributed by atoms with van der Waals surface area (Å²) in [6.07, 6.45) is 1.08. The highest BCUT2D eigenvalue weighted by Gasteiger charge is 2.11. The number of halogens is 1. The molecule has 0 radical (unpaired) electrons. The SMILES string of the molecule is CN=C(NCCC(C)C)NCc1cc(OC)c(O)c(OC)c1.I. The summed E-state index contributed by atoms with van der Waals surface area (Å²) >= 11 is 0. The Kier molecular flexibility index (Phi) is 10.5. The van der Waals surface area contributed by atoms with Gasteiger partial charge in [-0.2, -0.15) is 0 Å². The number of ether oxygens (including phenoxy) is 2. The Morgan fingerprint density at radius 3 is 2.17 bits per heavy atom.